The number of aliphatic carboxylic acids is 1. The molecular weight excluding hydrogens is 236 g/mol. The average Bonchev–Trinajstić information content (AvgIpc) is 2.12. The van der Waals surface area contributed by atoms with Crippen LogP contribution in [-0.2, 0) is 9.53 Å². The Labute approximate surface area is 107 Å². The Morgan fingerprint density at radius 2 is 2.00 bits per heavy atom. The molecule has 1 aliphatic heterocycles. The summed E-state index contributed by atoms with van der Waals surface area (Å²) in [6, 6.07) is 0. The van der Waals surface area contributed by atoms with E-state index in [-0.39, 0.29) is 18.6 Å². The van der Waals surface area contributed by atoms with Crippen molar-refractivity contribution in [2.75, 3.05) is 19.6 Å². The molecule has 1 unspecified atom stereocenters. The Hall–Kier alpha value is -1.30. The Balaban J connectivity index is 2.31. The number of likely N-dealkylation sites (tertiary alicyclic amines) is 1. The molecule has 1 fully saturated rings. The highest BCUT2D eigenvalue weighted by atomic mass is 16.6. The third-order valence-corrected chi connectivity index (χ3v) is 2.86. The lowest BCUT2D eigenvalue weighted by atomic mass is 9.89. The topological polar surface area (TPSA) is 92.9 Å². The molecule has 0 aromatic heterocycles. The van der Waals surface area contributed by atoms with E-state index in [2.05, 4.69) is 0 Å². The van der Waals surface area contributed by atoms with Gasteiger partial charge in [-0.15, -0.1) is 0 Å². The molecule has 0 aliphatic carbocycles. The van der Waals surface area contributed by atoms with Gasteiger partial charge in [-0.25, -0.2) is 4.79 Å². The first-order chi connectivity index (χ1) is 8.23. The summed E-state index contributed by atoms with van der Waals surface area (Å²) < 4.78 is 5.21. The van der Waals surface area contributed by atoms with Crippen molar-refractivity contribution < 1.29 is 19.4 Å². The number of carboxylic acid groups (broad SMARTS) is 1. The van der Waals surface area contributed by atoms with E-state index in [1.54, 1.807) is 4.90 Å². The van der Waals surface area contributed by atoms with Crippen LogP contribution in [0.15, 0.2) is 0 Å². The molecule has 0 spiro atoms. The molecule has 0 saturated carbocycles. The minimum Gasteiger partial charge on any atom is -0.481 e. The number of rotatable bonds is 4. The Kier molecular flexibility index (Phi) is 4.56. The summed E-state index contributed by atoms with van der Waals surface area (Å²) in [6.45, 7) is 6.70. The number of nitrogens with two attached hydrogens (primary N) is 1. The number of carbonyl (C=O) groups is 2. The maximum absolute atomic E-state index is 11.6. The number of carboxylic acids is 1. The van der Waals surface area contributed by atoms with Crippen LogP contribution in [0.2, 0.25) is 0 Å². The SMILES string of the molecule is CC(C)(C)OC(=O)N1CC(CC(CN)C(=O)O)C1. The average molecular weight is 258 g/mol. The monoisotopic (exact) mass is 258 g/mol. The number of nitrogens with zero attached hydrogens (tertiary/aromatic N) is 1. The number of ether oxygens (including phenoxy) is 1. The Morgan fingerprint density at radius 1 is 1.44 bits per heavy atom. The third-order valence-electron chi connectivity index (χ3n) is 2.86. The van der Waals surface area contributed by atoms with Crippen molar-refractivity contribution in [2.24, 2.45) is 17.6 Å². The van der Waals surface area contributed by atoms with Crippen molar-refractivity contribution in [1.82, 2.24) is 4.90 Å². The van der Waals surface area contributed by atoms with Gasteiger partial charge >= 0.3 is 12.1 Å². The lowest BCUT2D eigenvalue weighted by molar-refractivity contribution is -0.142. The highest BCUT2D eigenvalue weighted by molar-refractivity contribution is 5.71. The molecule has 0 bridgehead atoms. The van der Waals surface area contributed by atoms with Crippen molar-refractivity contribution in [3.8, 4) is 0 Å². The van der Waals surface area contributed by atoms with E-state index in [1.165, 1.54) is 0 Å². The smallest absolute Gasteiger partial charge is 0.410 e. The maximum atomic E-state index is 11.6. The minimum absolute atomic E-state index is 0.137. The second-order valence-corrected chi connectivity index (χ2v) is 5.76. The summed E-state index contributed by atoms with van der Waals surface area (Å²) in [5, 5.41) is 8.88. The molecule has 1 aliphatic rings. The summed E-state index contributed by atoms with van der Waals surface area (Å²) in [5.74, 6) is -1.17. The number of hydrogen-bond acceptors (Lipinski definition) is 4. The summed E-state index contributed by atoms with van der Waals surface area (Å²) in [5.41, 5.74) is 4.90. The van der Waals surface area contributed by atoms with Crippen LogP contribution in [0, 0.1) is 11.8 Å². The van der Waals surface area contributed by atoms with Crippen LogP contribution in [-0.4, -0.2) is 47.3 Å². The second kappa shape index (κ2) is 5.56. The van der Waals surface area contributed by atoms with Gasteiger partial charge in [0.15, 0.2) is 0 Å². The minimum atomic E-state index is -0.867. The van der Waals surface area contributed by atoms with Crippen LogP contribution in [0.5, 0.6) is 0 Å². The molecule has 0 aromatic carbocycles. The molecule has 6 nitrogen and oxygen atoms in total. The van der Waals surface area contributed by atoms with Gasteiger partial charge in [-0.2, -0.15) is 0 Å². The second-order valence-electron chi connectivity index (χ2n) is 5.76. The van der Waals surface area contributed by atoms with Gasteiger partial charge in [0.2, 0.25) is 0 Å². The molecule has 1 atom stereocenters. The molecule has 18 heavy (non-hydrogen) atoms. The van der Waals surface area contributed by atoms with E-state index in [1.807, 2.05) is 20.8 Å². The molecular formula is C12H22N2O4. The van der Waals surface area contributed by atoms with Crippen LogP contribution in [0.25, 0.3) is 0 Å². The molecule has 1 heterocycles. The van der Waals surface area contributed by atoms with Crippen LogP contribution in [0.4, 0.5) is 4.79 Å². The number of carbonyl (C=O) groups excluding carboxylic acids is 1. The van der Waals surface area contributed by atoms with Gasteiger partial charge in [0.05, 0.1) is 5.92 Å². The van der Waals surface area contributed by atoms with Crippen molar-refractivity contribution in [2.45, 2.75) is 32.8 Å². The molecule has 0 radical (unpaired) electrons. The van der Waals surface area contributed by atoms with Gasteiger partial charge in [-0.3, -0.25) is 4.79 Å². The molecule has 6 heteroatoms. The van der Waals surface area contributed by atoms with E-state index in [9.17, 15) is 9.59 Å². The highest BCUT2D eigenvalue weighted by Crippen LogP contribution is 2.25. The Bertz CT molecular complexity index is 319. The standard InChI is InChI=1S/C12H22N2O4/c1-12(2,3)18-11(17)14-6-8(7-14)4-9(5-13)10(15)16/h8-9H,4-7,13H2,1-3H3,(H,15,16). The van der Waals surface area contributed by atoms with Crippen LogP contribution in [0.3, 0.4) is 0 Å². The van der Waals surface area contributed by atoms with Crippen LogP contribution >= 0.6 is 0 Å². The van der Waals surface area contributed by atoms with E-state index in [0.29, 0.717) is 19.5 Å². The van der Waals surface area contributed by atoms with Gasteiger partial charge < -0.3 is 20.5 Å². The number of amides is 1. The zero-order valence-corrected chi connectivity index (χ0v) is 11.2. The van der Waals surface area contributed by atoms with Gasteiger partial charge in [-0.05, 0) is 33.1 Å². The lowest BCUT2D eigenvalue weighted by Crippen LogP contribution is -2.52. The first kappa shape index (κ1) is 14.8. The van der Waals surface area contributed by atoms with Crippen molar-refractivity contribution >= 4 is 12.1 Å². The summed E-state index contributed by atoms with van der Waals surface area (Å²) in [4.78, 5) is 24.1. The highest BCUT2D eigenvalue weighted by Gasteiger charge is 2.35. The van der Waals surface area contributed by atoms with Gasteiger partial charge in [0.25, 0.3) is 0 Å². The first-order valence-electron chi connectivity index (χ1n) is 6.13. The zero-order chi connectivity index (χ0) is 13.9. The predicted octanol–water partition coefficient (Wildman–Crippen LogP) is 0.903. The van der Waals surface area contributed by atoms with Gasteiger partial charge in [0, 0.05) is 19.6 Å². The fourth-order valence-electron chi connectivity index (χ4n) is 1.89. The van der Waals surface area contributed by atoms with Crippen molar-refractivity contribution in [1.29, 1.82) is 0 Å². The van der Waals surface area contributed by atoms with Crippen LogP contribution < -0.4 is 5.73 Å². The maximum Gasteiger partial charge on any atom is 0.410 e. The lowest BCUT2D eigenvalue weighted by Gasteiger charge is -2.40. The molecule has 104 valence electrons. The fraction of sp³-hybridized carbons (Fsp3) is 0.833. The molecule has 3 N–H and O–H groups in total. The zero-order valence-electron chi connectivity index (χ0n) is 11.2. The van der Waals surface area contributed by atoms with E-state index in [4.69, 9.17) is 15.6 Å². The van der Waals surface area contributed by atoms with Crippen molar-refractivity contribution in [3.05, 3.63) is 0 Å². The predicted molar refractivity (Wildman–Crippen MR) is 66.1 cm³/mol. The van der Waals surface area contributed by atoms with E-state index in [0.717, 1.165) is 0 Å². The Morgan fingerprint density at radius 3 is 2.39 bits per heavy atom. The van der Waals surface area contributed by atoms with E-state index < -0.39 is 17.5 Å². The fourth-order valence-corrected chi connectivity index (χ4v) is 1.89. The molecule has 1 rings (SSSR count). The van der Waals surface area contributed by atoms with E-state index >= 15 is 0 Å². The normalized spacial score (nSPS) is 18.1. The number of hydrogen-bond donors (Lipinski definition) is 2. The summed E-state index contributed by atoms with van der Waals surface area (Å²) >= 11 is 0. The first-order valence-corrected chi connectivity index (χ1v) is 6.13. The van der Waals surface area contributed by atoms with Crippen LogP contribution in [0.1, 0.15) is 27.2 Å². The summed E-state index contributed by atoms with van der Waals surface area (Å²) in [6.07, 6.45) is 0.184. The van der Waals surface area contributed by atoms with Gasteiger partial charge in [-0.1, -0.05) is 0 Å². The summed E-state index contributed by atoms with van der Waals surface area (Å²) in [7, 11) is 0. The molecule has 0 aromatic rings. The third kappa shape index (κ3) is 4.18. The largest absolute Gasteiger partial charge is 0.481 e. The quantitative estimate of drug-likeness (QED) is 0.781. The molecule has 1 saturated heterocycles. The van der Waals surface area contributed by atoms with Crippen molar-refractivity contribution in [3.63, 3.8) is 0 Å². The van der Waals surface area contributed by atoms with Gasteiger partial charge in [0.1, 0.15) is 5.60 Å². The molecule has 1 amide bonds.